The number of aryl methyl sites for hydroxylation is 2. The van der Waals surface area contributed by atoms with Gasteiger partial charge in [-0.25, -0.2) is 0 Å². The Morgan fingerprint density at radius 1 is 1.45 bits per heavy atom. The standard InChI is InChI=1S/C14H15BrN2O2S/c1-9-6-14(17(2)16-9)20-8-12(18)10-4-5-13(19-3)11(15)7-10/h4-7H,8H2,1-3H3. The van der Waals surface area contributed by atoms with Crippen LogP contribution < -0.4 is 4.74 Å². The lowest BCUT2D eigenvalue weighted by molar-refractivity contribution is 0.102. The summed E-state index contributed by atoms with van der Waals surface area (Å²) in [7, 11) is 3.48. The fraction of sp³-hybridized carbons (Fsp3) is 0.286. The summed E-state index contributed by atoms with van der Waals surface area (Å²) >= 11 is 4.88. The number of nitrogens with zero attached hydrogens (tertiary/aromatic N) is 2. The third-order valence-corrected chi connectivity index (χ3v) is 4.49. The highest BCUT2D eigenvalue weighted by molar-refractivity contribution is 9.10. The van der Waals surface area contributed by atoms with E-state index in [4.69, 9.17) is 4.74 Å². The van der Waals surface area contributed by atoms with Crippen molar-refractivity contribution in [3.63, 3.8) is 0 Å². The van der Waals surface area contributed by atoms with Crippen molar-refractivity contribution < 1.29 is 9.53 Å². The van der Waals surface area contributed by atoms with Crippen LogP contribution >= 0.6 is 27.7 Å². The molecule has 0 N–H and O–H groups in total. The topological polar surface area (TPSA) is 44.1 Å². The number of benzene rings is 1. The van der Waals surface area contributed by atoms with Gasteiger partial charge in [0.2, 0.25) is 0 Å². The number of aromatic nitrogens is 2. The lowest BCUT2D eigenvalue weighted by Crippen LogP contribution is -2.04. The third kappa shape index (κ3) is 3.43. The first-order valence-electron chi connectivity index (χ1n) is 6.01. The Morgan fingerprint density at radius 2 is 2.20 bits per heavy atom. The molecule has 0 bridgehead atoms. The molecule has 1 aromatic carbocycles. The van der Waals surface area contributed by atoms with E-state index in [-0.39, 0.29) is 5.78 Å². The van der Waals surface area contributed by atoms with E-state index in [9.17, 15) is 4.79 Å². The Balaban J connectivity index is 2.05. The van der Waals surface area contributed by atoms with Crippen molar-refractivity contribution in [2.24, 2.45) is 7.05 Å². The highest BCUT2D eigenvalue weighted by atomic mass is 79.9. The number of carbonyl (C=O) groups excluding carboxylic acids is 1. The van der Waals surface area contributed by atoms with E-state index in [0.29, 0.717) is 11.3 Å². The van der Waals surface area contributed by atoms with Crippen LogP contribution in [0.1, 0.15) is 16.1 Å². The number of methoxy groups -OCH3 is 1. The monoisotopic (exact) mass is 354 g/mol. The van der Waals surface area contributed by atoms with Gasteiger partial charge in [0.25, 0.3) is 0 Å². The number of carbonyl (C=O) groups is 1. The first kappa shape index (κ1) is 15.1. The van der Waals surface area contributed by atoms with Crippen LogP contribution in [-0.4, -0.2) is 28.4 Å². The zero-order chi connectivity index (χ0) is 14.7. The van der Waals surface area contributed by atoms with Gasteiger partial charge in [-0.3, -0.25) is 9.48 Å². The quantitative estimate of drug-likeness (QED) is 0.609. The molecule has 0 fully saturated rings. The largest absolute Gasteiger partial charge is 0.496 e. The SMILES string of the molecule is COc1ccc(C(=O)CSc2cc(C)nn2C)cc1Br. The van der Waals surface area contributed by atoms with Gasteiger partial charge in [0.1, 0.15) is 5.75 Å². The van der Waals surface area contributed by atoms with Gasteiger partial charge >= 0.3 is 0 Å². The minimum atomic E-state index is 0.0807. The summed E-state index contributed by atoms with van der Waals surface area (Å²) in [4.78, 5) is 12.2. The van der Waals surface area contributed by atoms with Crippen molar-refractivity contribution in [3.8, 4) is 5.75 Å². The molecule has 0 aliphatic rings. The number of hydrogen-bond acceptors (Lipinski definition) is 4. The van der Waals surface area contributed by atoms with Crippen molar-refractivity contribution in [2.75, 3.05) is 12.9 Å². The second kappa shape index (κ2) is 6.45. The number of rotatable bonds is 5. The molecule has 1 heterocycles. The summed E-state index contributed by atoms with van der Waals surface area (Å²) in [6, 6.07) is 7.33. The van der Waals surface area contributed by atoms with Gasteiger partial charge in [-0.2, -0.15) is 5.10 Å². The number of ether oxygens (including phenoxy) is 1. The first-order valence-corrected chi connectivity index (χ1v) is 7.79. The predicted molar refractivity (Wildman–Crippen MR) is 83.7 cm³/mol. The minimum absolute atomic E-state index is 0.0807. The molecule has 0 spiro atoms. The van der Waals surface area contributed by atoms with Gasteiger partial charge in [-0.05, 0) is 47.1 Å². The van der Waals surface area contributed by atoms with Gasteiger partial charge in [0.15, 0.2) is 5.78 Å². The molecule has 0 aliphatic carbocycles. The number of halogens is 1. The van der Waals surface area contributed by atoms with E-state index in [1.165, 1.54) is 11.8 Å². The summed E-state index contributed by atoms with van der Waals surface area (Å²) in [6.45, 7) is 1.94. The molecule has 1 aromatic heterocycles. The molecule has 0 amide bonds. The molecular formula is C14H15BrN2O2S. The number of Topliss-reactive ketones (excluding diaryl/α,β-unsaturated/α-hetero) is 1. The fourth-order valence-electron chi connectivity index (χ4n) is 1.78. The van der Waals surface area contributed by atoms with E-state index in [0.717, 1.165) is 20.9 Å². The summed E-state index contributed by atoms with van der Waals surface area (Å²) in [5.41, 5.74) is 1.62. The van der Waals surface area contributed by atoms with Gasteiger partial charge in [-0.15, -0.1) is 0 Å². The number of hydrogen-bond donors (Lipinski definition) is 0. The van der Waals surface area contributed by atoms with Crippen molar-refractivity contribution in [3.05, 3.63) is 40.0 Å². The first-order chi connectivity index (χ1) is 9.51. The van der Waals surface area contributed by atoms with Crippen LogP contribution in [0.3, 0.4) is 0 Å². The molecule has 4 nitrogen and oxygen atoms in total. The lowest BCUT2D eigenvalue weighted by atomic mass is 10.1. The summed E-state index contributed by atoms with van der Waals surface area (Å²) in [6.07, 6.45) is 0. The summed E-state index contributed by atoms with van der Waals surface area (Å²) in [5.74, 6) is 1.19. The average molecular weight is 355 g/mol. The lowest BCUT2D eigenvalue weighted by Gasteiger charge is -2.06. The molecule has 0 saturated carbocycles. The normalized spacial score (nSPS) is 10.6. The maximum atomic E-state index is 12.2. The van der Waals surface area contributed by atoms with E-state index in [1.54, 1.807) is 30.0 Å². The Hall–Kier alpha value is -1.27. The zero-order valence-corrected chi connectivity index (χ0v) is 13.9. The van der Waals surface area contributed by atoms with Gasteiger partial charge in [0, 0.05) is 12.6 Å². The third-order valence-electron chi connectivity index (χ3n) is 2.78. The highest BCUT2D eigenvalue weighted by Gasteiger charge is 2.11. The summed E-state index contributed by atoms with van der Waals surface area (Å²) < 4.78 is 7.73. The zero-order valence-electron chi connectivity index (χ0n) is 11.5. The van der Waals surface area contributed by atoms with Gasteiger partial charge in [-0.1, -0.05) is 11.8 Å². The molecule has 2 rings (SSSR count). The molecule has 2 aromatic rings. The molecule has 0 unspecified atom stereocenters. The number of ketones is 1. The van der Waals surface area contributed by atoms with Crippen LogP contribution in [0.2, 0.25) is 0 Å². The smallest absolute Gasteiger partial charge is 0.173 e. The Kier molecular flexibility index (Phi) is 4.88. The second-order valence-corrected chi connectivity index (χ2v) is 6.16. The Bertz CT molecular complexity index is 640. The van der Waals surface area contributed by atoms with Crippen LogP contribution in [0.5, 0.6) is 5.75 Å². The van der Waals surface area contributed by atoms with Crippen molar-refractivity contribution in [2.45, 2.75) is 11.9 Å². The van der Waals surface area contributed by atoms with Crippen LogP contribution in [0.4, 0.5) is 0 Å². The average Bonchev–Trinajstić information content (AvgIpc) is 2.74. The Morgan fingerprint density at radius 3 is 2.75 bits per heavy atom. The minimum Gasteiger partial charge on any atom is -0.496 e. The molecule has 106 valence electrons. The maximum absolute atomic E-state index is 12.2. The van der Waals surface area contributed by atoms with Gasteiger partial charge < -0.3 is 4.74 Å². The second-order valence-electron chi connectivity index (χ2n) is 4.31. The summed E-state index contributed by atoms with van der Waals surface area (Å²) in [5, 5.41) is 5.25. The van der Waals surface area contributed by atoms with E-state index in [1.807, 2.05) is 20.0 Å². The molecule has 0 radical (unpaired) electrons. The molecule has 0 atom stereocenters. The van der Waals surface area contributed by atoms with Crippen LogP contribution in [0.25, 0.3) is 0 Å². The van der Waals surface area contributed by atoms with Gasteiger partial charge in [0.05, 0.1) is 28.1 Å². The van der Waals surface area contributed by atoms with Crippen molar-refractivity contribution in [1.82, 2.24) is 9.78 Å². The van der Waals surface area contributed by atoms with E-state index in [2.05, 4.69) is 21.0 Å². The van der Waals surface area contributed by atoms with E-state index < -0.39 is 0 Å². The molecule has 0 aliphatic heterocycles. The molecular weight excluding hydrogens is 340 g/mol. The van der Waals surface area contributed by atoms with Crippen LogP contribution in [-0.2, 0) is 7.05 Å². The van der Waals surface area contributed by atoms with Crippen molar-refractivity contribution >= 4 is 33.5 Å². The van der Waals surface area contributed by atoms with Crippen LogP contribution in [0, 0.1) is 6.92 Å². The van der Waals surface area contributed by atoms with Crippen LogP contribution in [0.15, 0.2) is 33.8 Å². The molecule has 6 heteroatoms. The van der Waals surface area contributed by atoms with Crippen molar-refractivity contribution in [1.29, 1.82) is 0 Å². The molecule has 0 saturated heterocycles. The highest BCUT2D eigenvalue weighted by Crippen LogP contribution is 2.27. The fourth-order valence-corrected chi connectivity index (χ4v) is 3.25. The number of thioether (sulfide) groups is 1. The Labute approximate surface area is 130 Å². The maximum Gasteiger partial charge on any atom is 0.173 e. The molecule has 20 heavy (non-hydrogen) atoms. The van der Waals surface area contributed by atoms with E-state index >= 15 is 0 Å². The predicted octanol–water partition coefficient (Wildman–Crippen LogP) is 3.47.